The number of amides is 2. The normalized spacial score (nSPS) is 23.2. The highest BCUT2D eigenvalue weighted by Crippen LogP contribution is 2.29. The summed E-state index contributed by atoms with van der Waals surface area (Å²) in [7, 11) is 0. The van der Waals surface area contributed by atoms with E-state index in [1.165, 1.54) is 0 Å². The van der Waals surface area contributed by atoms with Crippen molar-refractivity contribution in [2.75, 3.05) is 26.2 Å². The summed E-state index contributed by atoms with van der Waals surface area (Å²) in [6.45, 7) is 2.00. The predicted molar refractivity (Wildman–Crippen MR) is 86.5 cm³/mol. The fraction of sp³-hybridized carbons (Fsp3) is 0.556. The topological polar surface area (TPSA) is 60.9 Å². The third kappa shape index (κ3) is 3.39. The van der Waals surface area contributed by atoms with Crippen molar-refractivity contribution in [3.05, 3.63) is 35.9 Å². The zero-order valence-electron chi connectivity index (χ0n) is 13.4. The first-order valence-electron chi connectivity index (χ1n) is 8.44. The van der Waals surface area contributed by atoms with Crippen molar-refractivity contribution >= 4 is 11.8 Å². The lowest BCUT2D eigenvalue weighted by Gasteiger charge is -2.36. The largest absolute Gasteiger partial charge is 0.396 e. The van der Waals surface area contributed by atoms with E-state index in [9.17, 15) is 14.7 Å². The molecule has 5 heteroatoms. The number of carbonyl (C=O) groups is 2. The molecule has 2 atom stereocenters. The summed E-state index contributed by atoms with van der Waals surface area (Å²) >= 11 is 0. The maximum atomic E-state index is 13.1. The van der Waals surface area contributed by atoms with Gasteiger partial charge in [-0.3, -0.25) is 9.59 Å². The van der Waals surface area contributed by atoms with E-state index in [0.717, 1.165) is 24.8 Å². The molecule has 2 saturated heterocycles. The molecule has 0 bridgehead atoms. The monoisotopic (exact) mass is 316 g/mol. The number of likely N-dealkylation sites (tertiary alicyclic amines) is 2. The third-order valence-electron chi connectivity index (χ3n) is 4.88. The van der Waals surface area contributed by atoms with E-state index in [-0.39, 0.29) is 24.3 Å². The molecule has 2 unspecified atom stereocenters. The molecule has 2 fully saturated rings. The molecule has 2 amide bonds. The molecule has 0 aromatic heterocycles. The van der Waals surface area contributed by atoms with Gasteiger partial charge in [-0.1, -0.05) is 30.3 Å². The number of piperidine rings is 1. The summed E-state index contributed by atoms with van der Waals surface area (Å²) in [5.74, 6) is 0.214. The minimum absolute atomic E-state index is 0.0117. The van der Waals surface area contributed by atoms with E-state index in [4.69, 9.17) is 0 Å². The average Bonchev–Trinajstić information content (AvgIpc) is 3.07. The highest BCUT2D eigenvalue weighted by atomic mass is 16.3. The number of aliphatic hydroxyl groups excluding tert-OH is 1. The summed E-state index contributed by atoms with van der Waals surface area (Å²) in [5, 5.41) is 9.31. The summed E-state index contributed by atoms with van der Waals surface area (Å²) in [5.41, 5.74) is 0.875. The van der Waals surface area contributed by atoms with Crippen molar-refractivity contribution in [1.29, 1.82) is 0 Å². The standard InChI is InChI=1S/C18H24N2O3/c21-13-14-9-11-19(12-14)18(23)17(15-6-2-1-3-7-15)20-10-5-4-8-16(20)22/h1-3,6-7,14,17,21H,4-5,8-13H2. The molecule has 0 aliphatic carbocycles. The van der Waals surface area contributed by atoms with Crippen LogP contribution in [0.3, 0.4) is 0 Å². The number of aliphatic hydroxyl groups is 1. The third-order valence-corrected chi connectivity index (χ3v) is 4.88. The van der Waals surface area contributed by atoms with E-state index < -0.39 is 6.04 Å². The average molecular weight is 316 g/mol. The molecule has 1 aromatic rings. The van der Waals surface area contributed by atoms with Gasteiger partial charge < -0.3 is 14.9 Å². The smallest absolute Gasteiger partial charge is 0.250 e. The molecule has 2 aliphatic rings. The first-order valence-corrected chi connectivity index (χ1v) is 8.44. The Morgan fingerprint density at radius 3 is 2.65 bits per heavy atom. The number of hydrogen-bond acceptors (Lipinski definition) is 3. The van der Waals surface area contributed by atoms with Crippen LogP contribution >= 0.6 is 0 Å². The van der Waals surface area contributed by atoms with Crippen LogP contribution in [0.2, 0.25) is 0 Å². The van der Waals surface area contributed by atoms with Crippen LogP contribution in [0, 0.1) is 5.92 Å². The van der Waals surface area contributed by atoms with Gasteiger partial charge in [0.2, 0.25) is 11.8 Å². The van der Waals surface area contributed by atoms with Crippen molar-refractivity contribution in [2.24, 2.45) is 5.92 Å². The van der Waals surface area contributed by atoms with Gasteiger partial charge in [0.15, 0.2) is 0 Å². The first-order chi connectivity index (χ1) is 11.2. The Hall–Kier alpha value is -1.88. The van der Waals surface area contributed by atoms with E-state index >= 15 is 0 Å². The molecule has 3 rings (SSSR count). The molecular formula is C18H24N2O3. The number of carbonyl (C=O) groups excluding carboxylic acids is 2. The van der Waals surface area contributed by atoms with Crippen LogP contribution in [0.1, 0.15) is 37.3 Å². The van der Waals surface area contributed by atoms with Crippen LogP contribution in [0.25, 0.3) is 0 Å². The van der Waals surface area contributed by atoms with Gasteiger partial charge in [0.25, 0.3) is 0 Å². The minimum Gasteiger partial charge on any atom is -0.396 e. The van der Waals surface area contributed by atoms with Gasteiger partial charge in [0, 0.05) is 38.6 Å². The van der Waals surface area contributed by atoms with E-state index in [0.29, 0.717) is 26.1 Å². The molecule has 124 valence electrons. The van der Waals surface area contributed by atoms with Crippen LogP contribution < -0.4 is 0 Å². The Morgan fingerprint density at radius 2 is 2.00 bits per heavy atom. The molecule has 0 radical (unpaired) electrons. The number of benzene rings is 1. The molecule has 0 saturated carbocycles. The second kappa shape index (κ2) is 7.13. The van der Waals surface area contributed by atoms with Gasteiger partial charge in [-0.05, 0) is 24.8 Å². The van der Waals surface area contributed by atoms with E-state index in [1.54, 1.807) is 9.80 Å². The lowest BCUT2D eigenvalue weighted by Crippen LogP contribution is -2.46. The molecule has 2 heterocycles. The lowest BCUT2D eigenvalue weighted by molar-refractivity contribution is -0.147. The van der Waals surface area contributed by atoms with Crippen molar-refractivity contribution in [2.45, 2.75) is 31.7 Å². The highest BCUT2D eigenvalue weighted by Gasteiger charge is 2.37. The van der Waals surface area contributed by atoms with Crippen LogP contribution in [-0.4, -0.2) is 53.0 Å². The van der Waals surface area contributed by atoms with Crippen molar-refractivity contribution in [1.82, 2.24) is 9.80 Å². The second-order valence-electron chi connectivity index (χ2n) is 6.48. The van der Waals surface area contributed by atoms with Gasteiger partial charge in [-0.2, -0.15) is 0 Å². The molecule has 2 aliphatic heterocycles. The van der Waals surface area contributed by atoms with Crippen molar-refractivity contribution in [3.8, 4) is 0 Å². The molecule has 23 heavy (non-hydrogen) atoms. The number of hydrogen-bond donors (Lipinski definition) is 1. The van der Waals surface area contributed by atoms with Gasteiger partial charge >= 0.3 is 0 Å². The fourth-order valence-electron chi connectivity index (χ4n) is 3.55. The fourth-order valence-corrected chi connectivity index (χ4v) is 3.55. The van der Waals surface area contributed by atoms with Crippen molar-refractivity contribution in [3.63, 3.8) is 0 Å². The predicted octanol–water partition coefficient (Wildman–Crippen LogP) is 1.58. The highest BCUT2D eigenvalue weighted by molar-refractivity contribution is 5.89. The summed E-state index contributed by atoms with van der Waals surface area (Å²) in [6.07, 6.45) is 3.20. The quantitative estimate of drug-likeness (QED) is 0.917. The van der Waals surface area contributed by atoms with Crippen LogP contribution in [-0.2, 0) is 9.59 Å². The van der Waals surface area contributed by atoms with Crippen LogP contribution in [0.5, 0.6) is 0 Å². The lowest BCUT2D eigenvalue weighted by atomic mass is 10.00. The minimum atomic E-state index is -0.526. The zero-order chi connectivity index (χ0) is 16.2. The Kier molecular flexibility index (Phi) is 4.96. The van der Waals surface area contributed by atoms with Gasteiger partial charge in [-0.15, -0.1) is 0 Å². The molecular weight excluding hydrogens is 292 g/mol. The Labute approximate surface area is 136 Å². The Balaban J connectivity index is 1.86. The number of nitrogens with zero attached hydrogens (tertiary/aromatic N) is 2. The van der Waals surface area contributed by atoms with Crippen LogP contribution in [0.15, 0.2) is 30.3 Å². The van der Waals surface area contributed by atoms with E-state index in [2.05, 4.69) is 0 Å². The maximum Gasteiger partial charge on any atom is 0.250 e. The second-order valence-corrected chi connectivity index (χ2v) is 6.48. The summed E-state index contributed by atoms with van der Waals surface area (Å²) < 4.78 is 0. The van der Waals surface area contributed by atoms with Gasteiger partial charge in [-0.25, -0.2) is 0 Å². The maximum absolute atomic E-state index is 13.1. The van der Waals surface area contributed by atoms with Gasteiger partial charge in [0.05, 0.1) is 0 Å². The molecule has 5 nitrogen and oxygen atoms in total. The SMILES string of the molecule is O=C(C(c1ccccc1)N1CCCCC1=O)N1CCC(CO)C1. The first kappa shape index (κ1) is 16.0. The number of rotatable bonds is 4. The molecule has 1 N–H and O–H groups in total. The molecule has 1 aromatic carbocycles. The molecule has 0 spiro atoms. The zero-order valence-corrected chi connectivity index (χ0v) is 13.4. The van der Waals surface area contributed by atoms with Gasteiger partial charge in [0.1, 0.15) is 6.04 Å². The summed E-state index contributed by atoms with van der Waals surface area (Å²) in [6, 6.07) is 9.05. The summed E-state index contributed by atoms with van der Waals surface area (Å²) in [4.78, 5) is 29.0. The Bertz CT molecular complexity index is 561. The van der Waals surface area contributed by atoms with Crippen molar-refractivity contribution < 1.29 is 14.7 Å². The van der Waals surface area contributed by atoms with E-state index in [1.807, 2.05) is 30.3 Å². The Morgan fingerprint density at radius 1 is 1.22 bits per heavy atom. The van der Waals surface area contributed by atoms with Crippen LogP contribution in [0.4, 0.5) is 0 Å².